The van der Waals surface area contributed by atoms with E-state index in [0.29, 0.717) is 18.0 Å². The number of anilines is 1. The Balaban J connectivity index is 1.58. The van der Waals surface area contributed by atoms with Crippen molar-refractivity contribution >= 4 is 44.8 Å². The van der Waals surface area contributed by atoms with E-state index in [2.05, 4.69) is 10.0 Å². The van der Waals surface area contributed by atoms with E-state index in [-0.39, 0.29) is 14.9 Å². The maximum Gasteiger partial charge on any atom is 0.242 e. The van der Waals surface area contributed by atoms with Crippen molar-refractivity contribution in [1.29, 1.82) is 0 Å². The number of carbonyl (C=O) groups is 1. The highest BCUT2D eigenvalue weighted by Crippen LogP contribution is 2.25. The molecule has 0 fully saturated rings. The minimum Gasteiger partial charge on any atom is -0.489 e. The Hall–Kier alpha value is -2.58. The second kappa shape index (κ2) is 10.2. The first-order valence-corrected chi connectivity index (χ1v) is 11.5. The molecule has 1 amide bonds. The van der Waals surface area contributed by atoms with Crippen molar-refractivity contribution < 1.29 is 17.9 Å². The molecule has 0 aromatic heterocycles. The molecule has 0 aliphatic carbocycles. The zero-order valence-electron chi connectivity index (χ0n) is 16.5. The zero-order chi connectivity index (χ0) is 22.4. The molecule has 0 radical (unpaired) electrons. The van der Waals surface area contributed by atoms with Gasteiger partial charge in [-0.2, -0.15) is 4.72 Å². The van der Waals surface area contributed by atoms with Crippen LogP contribution in [0.1, 0.15) is 12.5 Å². The predicted molar refractivity (Wildman–Crippen MR) is 122 cm³/mol. The number of benzene rings is 3. The van der Waals surface area contributed by atoms with E-state index in [9.17, 15) is 13.2 Å². The molecule has 0 saturated heterocycles. The molecule has 0 aliphatic heterocycles. The molecule has 162 valence electrons. The van der Waals surface area contributed by atoms with Crippen LogP contribution in [0.25, 0.3) is 0 Å². The highest BCUT2D eigenvalue weighted by Gasteiger charge is 2.24. The molecule has 6 nitrogen and oxygen atoms in total. The highest BCUT2D eigenvalue weighted by atomic mass is 35.5. The normalized spacial score (nSPS) is 12.2. The summed E-state index contributed by atoms with van der Waals surface area (Å²) in [5.74, 6) is 0.117. The average Bonchev–Trinajstić information content (AvgIpc) is 2.75. The first-order valence-electron chi connectivity index (χ1n) is 9.29. The van der Waals surface area contributed by atoms with Gasteiger partial charge in [-0.25, -0.2) is 8.42 Å². The number of hydrogen-bond acceptors (Lipinski definition) is 4. The van der Waals surface area contributed by atoms with Crippen LogP contribution < -0.4 is 14.8 Å². The number of amides is 1. The Morgan fingerprint density at radius 1 is 1.00 bits per heavy atom. The number of sulfonamides is 1. The van der Waals surface area contributed by atoms with Crippen LogP contribution in [-0.4, -0.2) is 20.4 Å². The first kappa shape index (κ1) is 23.1. The lowest BCUT2D eigenvalue weighted by Crippen LogP contribution is -2.41. The molecule has 0 aliphatic rings. The molecular formula is C22H20Cl2N2O4S. The molecule has 2 N–H and O–H groups in total. The van der Waals surface area contributed by atoms with E-state index in [4.69, 9.17) is 27.9 Å². The Morgan fingerprint density at radius 2 is 1.68 bits per heavy atom. The van der Waals surface area contributed by atoms with E-state index in [0.717, 1.165) is 5.56 Å². The topological polar surface area (TPSA) is 84.5 Å². The van der Waals surface area contributed by atoms with Gasteiger partial charge in [0.1, 0.15) is 17.3 Å². The Labute approximate surface area is 191 Å². The summed E-state index contributed by atoms with van der Waals surface area (Å²) in [6.45, 7) is 1.86. The second-order valence-electron chi connectivity index (χ2n) is 6.71. The lowest BCUT2D eigenvalue weighted by atomic mass is 10.2. The van der Waals surface area contributed by atoms with Crippen LogP contribution in [-0.2, 0) is 21.4 Å². The van der Waals surface area contributed by atoms with Crippen LogP contribution in [0, 0.1) is 0 Å². The van der Waals surface area contributed by atoms with Crippen LogP contribution >= 0.6 is 23.2 Å². The third kappa shape index (κ3) is 6.45. The molecular weight excluding hydrogens is 459 g/mol. The van der Waals surface area contributed by atoms with Gasteiger partial charge >= 0.3 is 0 Å². The fourth-order valence-electron chi connectivity index (χ4n) is 2.66. The first-order chi connectivity index (χ1) is 14.7. The van der Waals surface area contributed by atoms with Crippen LogP contribution in [0.15, 0.2) is 77.7 Å². The monoisotopic (exact) mass is 478 g/mol. The number of ether oxygens (including phenoxy) is 1. The van der Waals surface area contributed by atoms with E-state index < -0.39 is 22.0 Å². The maximum atomic E-state index is 12.6. The summed E-state index contributed by atoms with van der Waals surface area (Å²) in [4.78, 5) is 12.2. The number of nitrogens with one attached hydrogen (secondary N) is 2. The molecule has 3 rings (SSSR count). The van der Waals surface area contributed by atoms with Crippen molar-refractivity contribution in [2.45, 2.75) is 24.5 Å². The smallest absolute Gasteiger partial charge is 0.242 e. The van der Waals surface area contributed by atoms with Crippen molar-refractivity contribution in [3.63, 3.8) is 0 Å². The van der Waals surface area contributed by atoms with Gasteiger partial charge in [0.05, 0.1) is 11.1 Å². The summed E-state index contributed by atoms with van der Waals surface area (Å²) >= 11 is 11.8. The van der Waals surface area contributed by atoms with Gasteiger partial charge in [0, 0.05) is 10.7 Å². The summed E-state index contributed by atoms with van der Waals surface area (Å²) in [5.41, 5.74) is 1.55. The number of hydrogen-bond donors (Lipinski definition) is 2. The third-order valence-electron chi connectivity index (χ3n) is 4.28. The van der Waals surface area contributed by atoms with Crippen LogP contribution in [0.4, 0.5) is 5.69 Å². The Kier molecular flexibility index (Phi) is 7.56. The van der Waals surface area contributed by atoms with E-state index >= 15 is 0 Å². The standard InChI is InChI=1S/C22H20Cl2N2O4S/c1-15(26-31(28,29)21-13-17(23)7-12-20(21)24)22(27)25-18-8-10-19(11-9-18)30-14-16-5-3-2-4-6-16/h2-13,15,26H,14H2,1H3,(H,25,27)/t15-/m0/s1. The van der Waals surface area contributed by atoms with Gasteiger partial charge in [-0.3, -0.25) is 4.79 Å². The van der Waals surface area contributed by atoms with Crippen molar-refractivity contribution in [2.75, 3.05) is 5.32 Å². The van der Waals surface area contributed by atoms with E-state index in [1.807, 2.05) is 30.3 Å². The van der Waals surface area contributed by atoms with Crippen LogP contribution in [0.2, 0.25) is 10.0 Å². The SMILES string of the molecule is C[C@H](NS(=O)(=O)c1cc(Cl)ccc1Cl)C(=O)Nc1ccc(OCc2ccccc2)cc1. The highest BCUT2D eigenvalue weighted by molar-refractivity contribution is 7.89. The molecule has 9 heteroatoms. The summed E-state index contributed by atoms with van der Waals surface area (Å²) < 4.78 is 33.1. The van der Waals surface area contributed by atoms with Gasteiger partial charge in [0.2, 0.25) is 15.9 Å². The summed E-state index contributed by atoms with van der Waals surface area (Å²) in [6.07, 6.45) is 0. The maximum absolute atomic E-state index is 12.6. The van der Waals surface area contributed by atoms with Crippen molar-refractivity contribution in [3.05, 3.63) is 88.4 Å². The molecule has 3 aromatic rings. The Morgan fingerprint density at radius 3 is 2.35 bits per heavy atom. The molecule has 0 heterocycles. The molecule has 0 bridgehead atoms. The summed E-state index contributed by atoms with van der Waals surface area (Å²) in [7, 11) is -4.04. The van der Waals surface area contributed by atoms with Gasteiger partial charge in [-0.1, -0.05) is 53.5 Å². The fourth-order valence-corrected chi connectivity index (χ4v) is 4.62. The number of halogens is 2. The van der Waals surface area contributed by atoms with E-state index in [1.165, 1.54) is 25.1 Å². The summed E-state index contributed by atoms with van der Waals surface area (Å²) in [5, 5.41) is 2.89. The minimum atomic E-state index is -4.04. The lowest BCUT2D eigenvalue weighted by molar-refractivity contribution is -0.117. The van der Waals surface area contributed by atoms with Crippen molar-refractivity contribution in [1.82, 2.24) is 4.72 Å². The van der Waals surface area contributed by atoms with Gasteiger partial charge in [0.15, 0.2) is 0 Å². The number of carbonyl (C=O) groups excluding carboxylic acids is 1. The molecule has 1 atom stereocenters. The van der Waals surface area contributed by atoms with Crippen LogP contribution in [0.5, 0.6) is 5.75 Å². The third-order valence-corrected chi connectivity index (χ3v) is 6.54. The fraction of sp³-hybridized carbons (Fsp3) is 0.136. The predicted octanol–water partition coefficient (Wildman–Crippen LogP) is 4.88. The van der Waals surface area contributed by atoms with Gasteiger partial charge in [-0.15, -0.1) is 0 Å². The van der Waals surface area contributed by atoms with Gasteiger partial charge in [-0.05, 0) is 55.0 Å². The van der Waals surface area contributed by atoms with Crippen LogP contribution in [0.3, 0.4) is 0 Å². The quantitative estimate of drug-likeness (QED) is 0.483. The molecule has 0 spiro atoms. The van der Waals surface area contributed by atoms with Gasteiger partial charge in [0.25, 0.3) is 0 Å². The van der Waals surface area contributed by atoms with E-state index in [1.54, 1.807) is 24.3 Å². The molecule has 0 unspecified atom stereocenters. The largest absolute Gasteiger partial charge is 0.489 e. The number of rotatable bonds is 8. The summed E-state index contributed by atoms with van der Waals surface area (Å²) in [6, 6.07) is 19.6. The minimum absolute atomic E-state index is 0.00981. The van der Waals surface area contributed by atoms with Crippen molar-refractivity contribution in [3.8, 4) is 5.75 Å². The average molecular weight is 479 g/mol. The molecule has 31 heavy (non-hydrogen) atoms. The molecule has 0 saturated carbocycles. The Bertz CT molecular complexity index is 1150. The zero-order valence-corrected chi connectivity index (χ0v) is 18.8. The second-order valence-corrected chi connectivity index (χ2v) is 9.23. The van der Waals surface area contributed by atoms with Crippen molar-refractivity contribution in [2.24, 2.45) is 0 Å². The van der Waals surface area contributed by atoms with Gasteiger partial charge < -0.3 is 10.1 Å². The molecule has 3 aromatic carbocycles. The lowest BCUT2D eigenvalue weighted by Gasteiger charge is -2.15.